The monoisotopic (exact) mass is 372 g/mol. The first-order chi connectivity index (χ1) is 11.9. The Hall–Kier alpha value is -2.57. The number of anilines is 1. The number of nitrogens with one attached hydrogen (secondary N) is 1. The highest BCUT2D eigenvalue weighted by atomic mass is 35.5. The third-order valence-corrected chi connectivity index (χ3v) is 5.04. The minimum Gasteiger partial charge on any atom is -0.350 e. The Morgan fingerprint density at radius 1 is 1.20 bits per heavy atom. The summed E-state index contributed by atoms with van der Waals surface area (Å²) in [6.45, 7) is 1.90. The first kappa shape index (κ1) is 17.3. The van der Waals surface area contributed by atoms with Crippen LogP contribution in [0.2, 0.25) is 5.02 Å². The number of nitro groups is 1. The zero-order chi connectivity index (χ0) is 18.0. The van der Waals surface area contributed by atoms with Gasteiger partial charge < -0.3 is 5.32 Å². The van der Waals surface area contributed by atoms with Gasteiger partial charge in [-0.2, -0.15) is 0 Å². The average molecular weight is 373 g/mol. The molecule has 1 N–H and O–H groups in total. The van der Waals surface area contributed by atoms with Gasteiger partial charge in [0.25, 0.3) is 5.69 Å². The fraction of sp³-hybridized carbons (Fsp3) is 0.0556. The number of carbonyl (C=O) groups is 1. The third-order valence-electron chi connectivity index (χ3n) is 3.65. The molecule has 1 aliphatic rings. The maximum atomic E-state index is 12.2. The van der Waals surface area contributed by atoms with Gasteiger partial charge >= 0.3 is 0 Å². The van der Waals surface area contributed by atoms with E-state index in [0.717, 1.165) is 16.8 Å². The summed E-state index contributed by atoms with van der Waals surface area (Å²) in [6.07, 6.45) is 3.25. The van der Waals surface area contributed by atoms with E-state index in [-0.39, 0.29) is 11.5 Å². The number of carbonyl (C=O) groups excluding carboxylic acids is 1. The lowest BCUT2D eigenvalue weighted by Crippen LogP contribution is -1.96. The van der Waals surface area contributed by atoms with Crippen molar-refractivity contribution in [3.63, 3.8) is 0 Å². The fourth-order valence-corrected chi connectivity index (χ4v) is 3.36. The SMILES string of the molecule is Cc1c(Cl)cccc1NC1=CC(=O)/C(=C/c2ccc([N+](=O)[O-])cc2)S1. The topological polar surface area (TPSA) is 72.2 Å². The molecule has 0 aromatic heterocycles. The van der Waals surface area contributed by atoms with E-state index < -0.39 is 4.92 Å². The van der Waals surface area contributed by atoms with Crippen molar-refractivity contribution in [3.05, 3.63) is 84.7 Å². The molecule has 5 nitrogen and oxygen atoms in total. The highest BCUT2D eigenvalue weighted by Crippen LogP contribution is 2.36. The van der Waals surface area contributed by atoms with Gasteiger partial charge in [-0.25, -0.2) is 0 Å². The standard InChI is InChI=1S/C18H13ClN2O3S/c1-11-14(19)3-2-4-15(11)20-18-10-16(22)17(25-18)9-12-5-7-13(8-6-12)21(23)24/h2-10,20H,1H3/b17-9-. The van der Waals surface area contributed by atoms with Crippen molar-refractivity contribution in [2.45, 2.75) is 6.92 Å². The molecule has 0 spiro atoms. The summed E-state index contributed by atoms with van der Waals surface area (Å²) >= 11 is 7.42. The number of nitrogens with zero attached hydrogens (tertiary/aromatic N) is 1. The van der Waals surface area contributed by atoms with Crippen LogP contribution in [0.1, 0.15) is 11.1 Å². The summed E-state index contributed by atoms with van der Waals surface area (Å²) in [6, 6.07) is 11.6. The molecule has 0 radical (unpaired) electrons. The fourth-order valence-electron chi connectivity index (χ4n) is 2.27. The molecule has 0 fully saturated rings. The maximum absolute atomic E-state index is 12.2. The van der Waals surface area contributed by atoms with Gasteiger partial charge in [-0.05, 0) is 48.4 Å². The molecule has 3 rings (SSSR count). The van der Waals surface area contributed by atoms with E-state index in [4.69, 9.17) is 11.6 Å². The summed E-state index contributed by atoms with van der Waals surface area (Å²) < 4.78 is 0. The van der Waals surface area contributed by atoms with Crippen LogP contribution < -0.4 is 5.32 Å². The number of hydrogen-bond acceptors (Lipinski definition) is 5. The van der Waals surface area contributed by atoms with E-state index in [1.165, 1.54) is 30.0 Å². The Morgan fingerprint density at radius 3 is 2.60 bits per heavy atom. The van der Waals surface area contributed by atoms with Crippen LogP contribution >= 0.6 is 23.4 Å². The Kier molecular flexibility index (Phi) is 4.92. The number of hydrogen-bond donors (Lipinski definition) is 1. The second-order valence-corrected chi connectivity index (χ2v) is 6.86. The molecule has 1 heterocycles. The molecule has 0 amide bonds. The van der Waals surface area contributed by atoms with Crippen molar-refractivity contribution in [3.8, 4) is 0 Å². The van der Waals surface area contributed by atoms with Gasteiger partial charge in [-0.1, -0.05) is 29.4 Å². The zero-order valence-corrected chi connectivity index (χ0v) is 14.7. The van der Waals surface area contributed by atoms with Gasteiger partial charge in [0.2, 0.25) is 0 Å². The highest BCUT2D eigenvalue weighted by Gasteiger charge is 2.20. The van der Waals surface area contributed by atoms with E-state index in [9.17, 15) is 14.9 Å². The number of benzene rings is 2. The van der Waals surface area contributed by atoms with Crippen molar-refractivity contribution >= 4 is 46.6 Å². The van der Waals surface area contributed by atoms with E-state index in [2.05, 4.69) is 5.32 Å². The zero-order valence-electron chi connectivity index (χ0n) is 13.2. The van der Waals surface area contributed by atoms with Gasteiger partial charge in [0.15, 0.2) is 5.78 Å². The molecular weight excluding hydrogens is 360 g/mol. The molecular formula is C18H13ClN2O3S. The quantitative estimate of drug-likeness (QED) is 0.455. The summed E-state index contributed by atoms with van der Waals surface area (Å²) in [5.74, 6) is -0.106. The summed E-state index contributed by atoms with van der Waals surface area (Å²) in [5, 5.41) is 15.3. The van der Waals surface area contributed by atoms with Crippen LogP contribution in [0.5, 0.6) is 0 Å². The highest BCUT2D eigenvalue weighted by molar-refractivity contribution is 8.08. The lowest BCUT2D eigenvalue weighted by Gasteiger charge is -2.10. The maximum Gasteiger partial charge on any atom is 0.269 e. The molecule has 0 unspecified atom stereocenters. The van der Waals surface area contributed by atoms with Crippen molar-refractivity contribution in [1.29, 1.82) is 0 Å². The van der Waals surface area contributed by atoms with E-state index in [0.29, 0.717) is 15.0 Å². The number of ketones is 1. The van der Waals surface area contributed by atoms with Crippen LogP contribution in [0.3, 0.4) is 0 Å². The molecule has 25 heavy (non-hydrogen) atoms. The molecule has 7 heteroatoms. The van der Waals surface area contributed by atoms with Gasteiger partial charge in [0, 0.05) is 28.9 Å². The lowest BCUT2D eigenvalue weighted by molar-refractivity contribution is -0.384. The molecule has 0 aliphatic carbocycles. The minimum atomic E-state index is -0.455. The number of halogens is 1. The van der Waals surface area contributed by atoms with Crippen LogP contribution in [-0.2, 0) is 4.79 Å². The van der Waals surface area contributed by atoms with Crippen LogP contribution in [0.4, 0.5) is 11.4 Å². The van der Waals surface area contributed by atoms with Gasteiger partial charge in [-0.3, -0.25) is 14.9 Å². The van der Waals surface area contributed by atoms with Crippen LogP contribution in [0.25, 0.3) is 6.08 Å². The molecule has 126 valence electrons. The average Bonchev–Trinajstić information content (AvgIpc) is 2.92. The normalized spacial score (nSPS) is 15.4. The molecule has 0 atom stereocenters. The molecule has 0 bridgehead atoms. The number of rotatable bonds is 4. The Morgan fingerprint density at radius 2 is 1.92 bits per heavy atom. The smallest absolute Gasteiger partial charge is 0.269 e. The number of thioether (sulfide) groups is 1. The number of nitro benzene ring substituents is 1. The Bertz CT molecular complexity index is 920. The molecule has 0 saturated heterocycles. The third kappa shape index (κ3) is 3.92. The van der Waals surface area contributed by atoms with E-state index in [1.54, 1.807) is 18.2 Å². The largest absolute Gasteiger partial charge is 0.350 e. The van der Waals surface area contributed by atoms with Gasteiger partial charge in [0.05, 0.1) is 14.9 Å². The number of non-ortho nitro benzene ring substituents is 1. The van der Waals surface area contributed by atoms with Crippen LogP contribution in [-0.4, -0.2) is 10.7 Å². The summed E-state index contributed by atoms with van der Waals surface area (Å²) in [4.78, 5) is 22.9. The predicted molar refractivity (Wildman–Crippen MR) is 102 cm³/mol. The van der Waals surface area contributed by atoms with E-state index >= 15 is 0 Å². The second-order valence-electron chi connectivity index (χ2n) is 5.37. The van der Waals surface area contributed by atoms with Crippen molar-refractivity contribution < 1.29 is 9.72 Å². The molecule has 2 aromatic carbocycles. The minimum absolute atomic E-state index is 0.0180. The van der Waals surface area contributed by atoms with Crippen LogP contribution in [0.15, 0.2) is 58.5 Å². The number of allylic oxidation sites excluding steroid dienone is 2. The van der Waals surface area contributed by atoms with E-state index in [1.807, 2.05) is 25.1 Å². The van der Waals surface area contributed by atoms with Crippen molar-refractivity contribution in [1.82, 2.24) is 0 Å². The first-order valence-electron chi connectivity index (χ1n) is 7.36. The second kappa shape index (κ2) is 7.13. The molecule has 0 saturated carbocycles. The summed E-state index contributed by atoms with van der Waals surface area (Å²) in [5.41, 5.74) is 2.50. The molecule has 2 aromatic rings. The lowest BCUT2D eigenvalue weighted by atomic mass is 10.2. The molecule has 1 aliphatic heterocycles. The van der Waals surface area contributed by atoms with Gasteiger partial charge in [0.1, 0.15) is 0 Å². The first-order valence-corrected chi connectivity index (χ1v) is 8.55. The van der Waals surface area contributed by atoms with Gasteiger partial charge in [-0.15, -0.1) is 0 Å². The summed E-state index contributed by atoms with van der Waals surface area (Å²) in [7, 11) is 0. The van der Waals surface area contributed by atoms with Crippen molar-refractivity contribution in [2.24, 2.45) is 0 Å². The van der Waals surface area contributed by atoms with Crippen molar-refractivity contribution in [2.75, 3.05) is 5.32 Å². The Balaban J connectivity index is 1.76. The Labute approximate surface area is 153 Å². The predicted octanol–water partition coefficient (Wildman–Crippen LogP) is 5.17. The van der Waals surface area contributed by atoms with Crippen LogP contribution in [0, 0.1) is 17.0 Å².